The Hall–Kier alpha value is -1.86. The molecule has 4 N–H and O–H groups in total. The summed E-state index contributed by atoms with van der Waals surface area (Å²) in [4.78, 5) is 21.9. The van der Waals surface area contributed by atoms with Crippen LogP contribution < -0.4 is 10.6 Å². The number of halogens is 2. The van der Waals surface area contributed by atoms with Crippen LogP contribution in [0.3, 0.4) is 0 Å². The Bertz CT molecular complexity index is 484. The summed E-state index contributed by atoms with van der Waals surface area (Å²) in [5, 5.41) is 21.4. The molecular formula is C11H12ClFN2O4. The first-order valence-corrected chi connectivity index (χ1v) is 5.64. The van der Waals surface area contributed by atoms with Crippen molar-refractivity contribution in [2.24, 2.45) is 0 Å². The van der Waals surface area contributed by atoms with Gasteiger partial charge in [0, 0.05) is 12.1 Å². The topological polar surface area (TPSA) is 98.7 Å². The highest BCUT2D eigenvalue weighted by Gasteiger charge is 2.19. The van der Waals surface area contributed by atoms with E-state index in [1.165, 1.54) is 18.2 Å². The molecule has 0 aromatic heterocycles. The Balaban J connectivity index is 2.62. The zero-order chi connectivity index (χ0) is 14.4. The number of benzene rings is 1. The molecule has 0 aliphatic rings. The average molecular weight is 291 g/mol. The Morgan fingerprint density at radius 2 is 2.11 bits per heavy atom. The first-order valence-electron chi connectivity index (χ1n) is 5.26. The maximum atomic E-state index is 13.5. The van der Waals surface area contributed by atoms with Crippen LogP contribution >= 0.6 is 11.6 Å². The molecular weight excluding hydrogens is 279 g/mol. The molecule has 104 valence electrons. The van der Waals surface area contributed by atoms with Crippen molar-refractivity contribution in [3.63, 3.8) is 0 Å². The number of carbonyl (C=O) groups is 2. The Morgan fingerprint density at radius 3 is 2.68 bits per heavy atom. The van der Waals surface area contributed by atoms with Crippen LogP contribution in [0.5, 0.6) is 0 Å². The van der Waals surface area contributed by atoms with Crippen LogP contribution in [0, 0.1) is 5.82 Å². The van der Waals surface area contributed by atoms with Gasteiger partial charge in [0.15, 0.2) is 0 Å². The zero-order valence-electron chi connectivity index (χ0n) is 9.69. The minimum atomic E-state index is -1.44. The van der Waals surface area contributed by atoms with Crippen molar-refractivity contribution in [1.82, 2.24) is 10.6 Å². The van der Waals surface area contributed by atoms with Crippen LogP contribution in [0.4, 0.5) is 9.18 Å². The smallest absolute Gasteiger partial charge is 0.405 e. The third-order valence-corrected chi connectivity index (χ3v) is 2.57. The third kappa shape index (κ3) is 4.38. The third-order valence-electron chi connectivity index (χ3n) is 2.28. The van der Waals surface area contributed by atoms with E-state index in [-0.39, 0.29) is 17.1 Å². The maximum absolute atomic E-state index is 13.5. The van der Waals surface area contributed by atoms with Gasteiger partial charge in [0.1, 0.15) is 11.9 Å². The lowest BCUT2D eigenvalue weighted by Crippen LogP contribution is -2.48. The lowest BCUT2D eigenvalue weighted by Gasteiger charge is -2.14. The molecule has 0 aliphatic heterocycles. The van der Waals surface area contributed by atoms with E-state index < -0.39 is 30.5 Å². The molecule has 1 rings (SSSR count). The molecule has 8 heteroatoms. The molecule has 1 atom stereocenters. The van der Waals surface area contributed by atoms with Crippen molar-refractivity contribution in [1.29, 1.82) is 0 Å². The van der Waals surface area contributed by atoms with Crippen LogP contribution in [0.15, 0.2) is 18.2 Å². The van der Waals surface area contributed by atoms with Gasteiger partial charge in [0.05, 0.1) is 11.6 Å². The first-order chi connectivity index (χ1) is 8.95. The van der Waals surface area contributed by atoms with Crippen molar-refractivity contribution in [3.05, 3.63) is 34.6 Å². The number of hydrogen-bond donors (Lipinski definition) is 4. The van der Waals surface area contributed by atoms with Crippen LogP contribution in [0.1, 0.15) is 5.56 Å². The molecule has 19 heavy (non-hydrogen) atoms. The summed E-state index contributed by atoms with van der Waals surface area (Å²) >= 11 is 5.57. The lowest BCUT2D eigenvalue weighted by molar-refractivity contribution is -0.124. The van der Waals surface area contributed by atoms with Gasteiger partial charge in [0.25, 0.3) is 0 Å². The van der Waals surface area contributed by atoms with E-state index in [1.54, 1.807) is 0 Å². The molecule has 6 nitrogen and oxygen atoms in total. The number of amides is 2. The van der Waals surface area contributed by atoms with E-state index in [1.807, 2.05) is 5.32 Å². The number of aliphatic hydroxyl groups excluding tert-OH is 1. The van der Waals surface area contributed by atoms with Crippen LogP contribution in [-0.2, 0) is 11.3 Å². The van der Waals surface area contributed by atoms with Gasteiger partial charge < -0.3 is 20.8 Å². The van der Waals surface area contributed by atoms with Gasteiger partial charge >= 0.3 is 6.09 Å². The minimum absolute atomic E-state index is 0.0749. The summed E-state index contributed by atoms with van der Waals surface area (Å²) in [5.41, 5.74) is 0.160. The van der Waals surface area contributed by atoms with Gasteiger partial charge in [-0.25, -0.2) is 9.18 Å². The largest absolute Gasteiger partial charge is 0.465 e. The summed E-state index contributed by atoms with van der Waals surface area (Å²) in [5.74, 6) is -1.42. The van der Waals surface area contributed by atoms with E-state index in [2.05, 4.69) is 5.32 Å². The molecule has 1 aromatic rings. The van der Waals surface area contributed by atoms with Gasteiger partial charge in [-0.3, -0.25) is 4.79 Å². The van der Waals surface area contributed by atoms with E-state index in [0.717, 1.165) is 0 Å². The standard InChI is InChI=1S/C11H12ClFN2O4/c12-7-3-1-2-6(9(7)13)4-14-10(17)8(5-16)15-11(18)19/h1-3,8,15-16H,4-5H2,(H,14,17)(H,18,19). The summed E-state index contributed by atoms with van der Waals surface area (Å²) in [6, 6.07) is 3.01. The van der Waals surface area contributed by atoms with Crippen LogP contribution in [-0.4, -0.2) is 34.9 Å². The van der Waals surface area contributed by atoms with Crippen LogP contribution in [0.2, 0.25) is 5.02 Å². The minimum Gasteiger partial charge on any atom is -0.465 e. The summed E-state index contributed by atoms with van der Waals surface area (Å²) < 4.78 is 13.5. The SMILES string of the molecule is O=C(O)NC(CO)C(=O)NCc1cccc(Cl)c1F. The molecule has 2 amide bonds. The molecule has 1 aromatic carbocycles. The highest BCUT2D eigenvalue weighted by Crippen LogP contribution is 2.17. The maximum Gasteiger partial charge on any atom is 0.405 e. The number of aliphatic hydroxyl groups is 1. The quantitative estimate of drug-likeness (QED) is 0.642. The van der Waals surface area contributed by atoms with Gasteiger partial charge in [0.2, 0.25) is 5.91 Å². The second-order valence-electron chi connectivity index (χ2n) is 3.62. The molecule has 0 saturated carbocycles. The van der Waals surface area contributed by atoms with Gasteiger partial charge in [-0.05, 0) is 6.07 Å². The molecule has 0 radical (unpaired) electrons. The lowest BCUT2D eigenvalue weighted by atomic mass is 10.2. The highest BCUT2D eigenvalue weighted by atomic mass is 35.5. The second-order valence-corrected chi connectivity index (χ2v) is 4.02. The van der Waals surface area contributed by atoms with Crippen molar-refractivity contribution in [3.8, 4) is 0 Å². The van der Waals surface area contributed by atoms with E-state index in [9.17, 15) is 14.0 Å². The molecule has 0 aliphatic carbocycles. The summed E-state index contributed by atoms with van der Waals surface area (Å²) in [6.07, 6.45) is -1.44. The molecule has 0 spiro atoms. The Kier molecular flexibility index (Phi) is 5.53. The predicted molar refractivity (Wildman–Crippen MR) is 65.3 cm³/mol. The monoisotopic (exact) mass is 290 g/mol. The van der Waals surface area contributed by atoms with Gasteiger partial charge in [-0.2, -0.15) is 0 Å². The molecule has 0 bridgehead atoms. The summed E-state index contributed by atoms with van der Waals surface area (Å²) in [7, 11) is 0. The molecule has 0 heterocycles. The number of carboxylic acid groups (broad SMARTS) is 1. The van der Waals surface area contributed by atoms with Crippen molar-refractivity contribution < 1.29 is 24.2 Å². The van der Waals surface area contributed by atoms with Gasteiger partial charge in [-0.1, -0.05) is 23.7 Å². The van der Waals surface area contributed by atoms with Gasteiger partial charge in [-0.15, -0.1) is 0 Å². The number of hydrogen-bond acceptors (Lipinski definition) is 3. The molecule has 0 fully saturated rings. The molecule has 0 saturated heterocycles. The fourth-order valence-corrected chi connectivity index (χ4v) is 1.53. The average Bonchev–Trinajstić information content (AvgIpc) is 2.37. The van der Waals surface area contributed by atoms with E-state index in [4.69, 9.17) is 21.8 Å². The first kappa shape index (κ1) is 15.2. The van der Waals surface area contributed by atoms with Crippen molar-refractivity contribution >= 4 is 23.6 Å². The highest BCUT2D eigenvalue weighted by molar-refractivity contribution is 6.30. The van der Waals surface area contributed by atoms with Crippen molar-refractivity contribution in [2.75, 3.05) is 6.61 Å². The fourth-order valence-electron chi connectivity index (χ4n) is 1.33. The number of nitrogens with one attached hydrogen (secondary N) is 2. The van der Waals surface area contributed by atoms with Crippen molar-refractivity contribution in [2.45, 2.75) is 12.6 Å². The predicted octanol–water partition coefficient (Wildman–Crippen LogP) is 0.724. The van der Waals surface area contributed by atoms with E-state index in [0.29, 0.717) is 0 Å². The van der Waals surface area contributed by atoms with Crippen LogP contribution in [0.25, 0.3) is 0 Å². The second kappa shape index (κ2) is 6.91. The molecule has 1 unspecified atom stereocenters. The Morgan fingerprint density at radius 1 is 1.42 bits per heavy atom. The zero-order valence-corrected chi connectivity index (χ0v) is 10.4. The normalized spacial score (nSPS) is 11.7. The number of carbonyl (C=O) groups excluding carboxylic acids is 1. The number of rotatable bonds is 5. The summed E-state index contributed by atoms with van der Waals surface area (Å²) in [6.45, 7) is -0.862. The Labute approximate surface area is 113 Å². The fraction of sp³-hybridized carbons (Fsp3) is 0.273. The van der Waals surface area contributed by atoms with E-state index >= 15 is 0 Å².